The molecule has 0 N–H and O–H groups in total. The van der Waals surface area contributed by atoms with Gasteiger partial charge in [0.2, 0.25) is 0 Å². The Morgan fingerprint density at radius 2 is 1.92 bits per heavy atom. The Hall–Kier alpha value is -1.31. The second-order valence-corrected chi connectivity index (χ2v) is 8.45. The van der Waals surface area contributed by atoms with Crippen molar-refractivity contribution in [3.8, 4) is 0 Å². The predicted octanol–water partition coefficient (Wildman–Crippen LogP) is 2.19. The highest BCUT2D eigenvalue weighted by molar-refractivity contribution is 7.91. The molecule has 1 aromatic rings. The van der Waals surface area contributed by atoms with Crippen molar-refractivity contribution in [3.05, 3.63) is 33.8 Å². The summed E-state index contributed by atoms with van der Waals surface area (Å²) >= 11 is 11.8. The van der Waals surface area contributed by atoms with Crippen molar-refractivity contribution in [1.82, 2.24) is 4.90 Å². The van der Waals surface area contributed by atoms with Gasteiger partial charge in [-0.3, -0.25) is 4.79 Å². The zero-order chi connectivity index (χ0) is 17.9. The molecule has 0 aliphatic carbocycles. The second-order valence-electron chi connectivity index (χ2n) is 5.41. The van der Waals surface area contributed by atoms with E-state index in [0.29, 0.717) is 13.0 Å². The standard InChI is InChI=1S/C15H17Cl2NO5S/c1-2-18(10-6-7-24(21,22)9-10)13(19)8-23-15(20)14-11(16)4-3-5-12(14)17/h3-5,10H,2,6-9H2,1H3/t10-/m1/s1. The lowest BCUT2D eigenvalue weighted by Crippen LogP contribution is -2.43. The fourth-order valence-electron chi connectivity index (χ4n) is 2.63. The highest BCUT2D eigenvalue weighted by atomic mass is 35.5. The van der Waals surface area contributed by atoms with Crippen molar-refractivity contribution < 1.29 is 22.7 Å². The fraction of sp³-hybridized carbons (Fsp3) is 0.467. The van der Waals surface area contributed by atoms with E-state index in [2.05, 4.69) is 0 Å². The van der Waals surface area contributed by atoms with E-state index in [1.54, 1.807) is 13.0 Å². The van der Waals surface area contributed by atoms with E-state index < -0.39 is 28.3 Å². The van der Waals surface area contributed by atoms with Crippen molar-refractivity contribution in [2.45, 2.75) is 19.4 Å². The van der Waals surface area contributed by atoms with Crippen LogP contribution in [0.4, 0.5) is 0 Å². The van der Waals surface area contributed by atoms with Crippen LogP contribution in [-0.4, -0.2) is 55.9 Å². The fourth-order valence-corrected chi connectivity index (χ4v) is 4.92. The van der Waals surface area contributed by atoms with Crippen LogP contribution in [0.2, 0.25) is 10.0 Å². The third-order valence-corrected chi connectivity index (χ3v) is 6.18. The molecular weight excluding hydrogens is 377 g/mol. The quantitative estimate of drug-likeness (QED) is 0.716. The van der Waals surface area contributed by atoms with Gasteiger partial charge in [0.05, 0.1) is 27.1 Å². The molecule has 0 aromatic heterocycles. The number of amides is 1. The van der Waals surface area contributed by atoms with Crippen molar-refractivity contribution in [2.75, 3.05) is 24.7 Å². The molecule has 1 atom stereocenters. The molecule has 24 heavy (non-hydrogen) atoms. The van der Waals surface area contributed by atoms with Gasteiger partial charge in [0.1, 0.15) is 0 Å². The van der Waals surface area contributed by atoms with Crippen LogP contribution >= 0.6 is 23.2 Å². The number of likely N-dealkylation sites (N-methyl/N-ethyl adjacent to an activating group) is 1. The van der Waals surface area contributed by atoms with E-state index in [-0.39, 0.29) is 33.2 Å². The van der Waals surface area contributed by atoms with E-state index in [4.69, 9.17) is 27.9 Å². The van der Waals surface area contributed by atoms with E-state index in [1.807, 2.05) is 0 Å². The number of hydrogen-bond donors (Lipinski definition) is 0. The van der Waals surface area contributed by atoms with Gasteiger partial charge >= 0.3 is 5.97 Å². The normalized spacial score (nSPS) is 19.0. The molecule has 2 rings (SSSR count). The first kappa shape index (κ1) is 19.0. The summed E-state index contributed by atoms with van der Waals surface area (Å²) in [4.78, 5) is 25.8. The van der Waals surface area contributed by atoms with Gasteiger partial charge in [0.25, 0.3) is 5.91 Å². The SMILES string of the molecule is CCN(C(=O)COC(=O)c1c(Cl)cccc1Cl)[C@@H]1CCS(=O)(=O)C1. The van der Waals surface area contributed by atoms with Gasteiger partial charge < -0.3 is 9.64 Å². The molecule has 1 aliphatic rings. The van der Waals surface area contributed by atoms with Crippen LogP contribution in [-0.2, 0) is 19.4 Å². The Morgan fingerprint density at radius 3 is 2.42 bits per heavy atom. The summed E-state index contributed by atoms with van der Waals surface area (Å²) in [6, 6.07) is 4.20. The minimum absolute atomic E-state index is 0.000117. The van der Waals surface area contributed by atoms with Crippen LogP contribution in [0.1, 0.15) is 23.7 Å². The molecule has 0 saturated carbocycles. The first-order valence-corrected chi connectivity index (χ1v) is 9.94. The number of nitrogens with zero attached hydrogens (tertiary/aromatic N) is 1. The topological polar surface area (TPSA) is 80.8 Å². The third kappa shape index (κ3) is 4.40. The first-order chi connectivity index (χ1) is 11.2. The predicted molar refractivity (Wildman–Crippen MR) is 91.2 cm³/mol. The molecule has 1 heterocycles. The van der Waals surface area contributed by atoms with Gasteiger partial charge in [-0.2, -0.15) is 0 Å². The molecule has 0 radical (unpaired) electrons. The van der Waals surface area contributed by atoms with Crippen molar-refractivity contribution in [3.63, 3.8) is 0 Å². The Morgan fingerprint density at radius 1 is 1.29 bits per heavy atom. The summed E-state index contributed by atoms with van der Waals surface area (Å²) in [5.41, 5.74) is 0.000117. The third-order valence-electron chi connectivity index (χ3n) is 3.80. The molecule has 1 saturated heterocycles. The minimum atomic E-state index is -3.11. The highest BCUT2D eigenvalue weighted by Crippen LogP contribution is 2.25. The average Bonchev–Trinajstić information content (AvgIpc) is 2.85. The van der Waals surface area contributed by atoms with Crippen molar-refractivity contribution >= 4 is 44.9 Å². The number of halogens is 2. The Balaban J connectivity index is 2.00. The number of esters is 1. The number of carbonyl (C=O) groups is 2. The van der Waals surface area contributed by atoms with Crippen molar-refractivity contribution in [2.24, 2.45) is 0 Å². The molecule has 1 aliphatic heterocycles. The number of ether oxygens (including phenoxy) is 1. The molecular formula is C15H17Cl2NO5S. The maximum Gasteiger partial charge on any atom is 0.341 e. The maximum absolute atomic E-state index is 12.3. The lowest BCUT2D eigenvalue weighted by Gasteiger charge is -2.26. The highest BCUT2D eigenvalue weighted by Gasteiger charge is 2.34. The van der Waals surface area contributed by atoms with E-state index in [1.165, 1.54) is 17.0 Å². The van der Waals surface area contributed by atoms with Crippen LogP contribution < -0.4 is 0 Å². The summed E-state index contributed by atoms with van der Waals surface area (Å²) in [6.45, 7) is 1.59. The van der Waals surface area contributed by atoms with Gasteiger partial charge in [0, 0.05) is 12.6 Å². The van der Waals surface area contributed by atoms with E-state index in [9.17, 15) is 18.0 Å². The molecule has 132 valence electrons. The second kappa shape index (κ2) is 7.72. The number of hydrogen-bond acceptors (Lipinski definition) is 5. The molecule has 0 spiro atoms. The summed E-state index contributed by atoms with van der Waals surface area (Å²) in [6.07, 6.45) is 0.395. The smallest absolute Gasteiger partial charge is 0.341 e. The van der Waals surface area contributed by atoms with E-state index in [0.717, 1.165) is 0 Å². The average molecular weight is 394 g/mol. The Bertz CT molecular complexity index is 730. The largest absolute Gasteiger partial charge is 0.452 e. The molecule has 9 heteroatoms. The van der Waals surface area contributed by atoms with Crippen LogP contribution in [0, 0.1) is 0 Å². The summed E-state index contributed by atoms with van der Waals surface area (Å²) in [7, 11) is -3.11. The van der Waals surface area contributed by atoms with Gasteiger partial charge in [-0.15, -0.1) is 0 Å². The maximum atomic E-state index is 12.3. The number of carbonyl (C=O) groups excluding carboxylic acids is 2. The van der Waals surface area contributed by atoms with Crippen molar-refractivity contribution in [1.29, 1.82) is 0 Å². The van der Waals surface area contributed by atoms with Gasteiger partial charge in [0.15, 0.2) is 16.4 Å². The van der Waals surface area contributed by atoms with Crippen LogP contribution in [0.15, 0.2) is 18.2 Å². The summed E-state index contributed by atoms with van der Waals surface area (Å²) < 4.78 is 28.1. The minimum Gasteiger partial charge on any atom is -0.452 e. The molecule has 1 amide bonds. The van der Waals surface area contributed by atoms with Gasteiger partial charge in [-0.05, 0) is 25.5 Å². The Kier molecular flexibility index (Phi) is 6.11. The Labute approximate surface area is 150 Å². The molecule has 0 unspecified atom stereocenters. The number of rotatable bonds is 5. The summed E-state index contributed by atoms with van der Waals surface area (Å²) in [5.74, 6) is -1.24. The molecule has 6 nitrogen and oxygen atoms in total. The number of sulfone groups is 1. The summed E-state index contributed by atoms with van der Waals surface area (Å²) in [5, 5.41) is 0.267. The molecule has 1 aromatic carbocycles. The molecule has 0 bridgehead atoms. The van der Waals surface area contributed by atoms with Crippen LogP contribution in [0.3, 0.4) is 0 Å². The van der Waals surface area contributed by atoms with Crippen LogP contribution in [0.5, 0.6) is 0 Å². The lowest BCUT2D eigenvalue weighted by molar-refractivity contribution is -0.136. The zero-order valence-corrected chi connectivity index (χ0v) is 15.3. The van der Waals surface area contributed by atoms with Gasteiger partial charge in [-0.1, -0.05) is 29.3 Å². The first-order valence-electron chi connectivity index (χ1n) is 7.36. The lowest BCUT2D eigenvalue weighted by atomic mass is 10.2. The zero-order valence-electron chi connectivity index (χ0n) is 13.0. The van der Waals surface area contributed by atoms with E-state index >= 15 is 0 Å². The molecule has 1 fully saturated rings. The number of benzene rings is 1. The monoisotopic (exact) mass is 393 g/mol. The van der Waals surface area contributed by atoms with Gasteiger partial charge in [-0.25, -0.2) is 13.2 Å². The van der Waals surface area contributed by atoms with Crippen LogP contribution in [0.25, 0.3) is 0 Å².